The van der Waals surface area contributed by atoms with Crippen molar-refractivity contribution < 1.29 is 0 Å². The van der Waals surface area contributed by atoms with Crippen molar-refractivity contribution in [3.8, 4) is 0 Å². The van der Waals surface area contributed by atoms with E-state index in [-0.39, 0.29) is 0 Å². The van der Waals surface area contributed by atoms with E-state index < -0.39 is 0 Å². The van der Waals surface area contributed by atoms with Gasteiger partial charge in [0.2, 0.25) is 0 Å². The monoisotopic (exact) mass is 300 g/mol. The maximum Gasteiger partial charge on any atom is -0.0219 e. The van der Waals surface area contributed by atoms with Gasteiger partial charge in [-0.3, -0.25) is 0 Å². The fourth-order valence-electron chi connectivity index (χ4n) is 3.02. The van der Waals surface area contributed by atoms with Gasteiger partial charge in [0.05, 0.1) is 0 Å². The second-order valence-electron chi connectivity index (χ2n) is 7.11. The van der Waals surface area contributed by atoms with E-state index in [0.29, 0.717) is 5.92 Å². The number of hydrogen-bond acceptors (Lipinski definition) is 0. The number of hydrogen-bond donors (Lipinski definition) is 0. The summed E-state index contributed by atoms with van der Waals surface area (Å²) in [7, 11) is 0. The predicted octanol–water partition coefficient (Wildman–Crippen LogP) is 7.36. The smallest absolute Gasteiger partial charge is 0.0219 e. The van der Waals surface area contributed by atoms with Crippen LogP contribution in [0.2, 0.25) is 0 Å². The van der Waals surface area contributed by atoms with E-state index in [0.717, 1.165) is 0 Å². The highest BCUT2D eigenvalue weighted by molar-refractivity contribution is 5.32. The molecule has 0 aliphatic heterocycles. The van der Waals surface area contributed by atoms with Crippen molar-refractivity contribution >= 4 is 0 Å². The predicted molar refractivity (Wildman–Crippen MR) is 101 cm³/mol. The van der Waals surface area contributed by atoms with Gasteiger partial charge in [0.1, 0.15) is 0 Å². The summed E-state index contributed by atoms with van der Waals surface area (Å²) in [4.78, 5) is 0. The Morgan fingerprint density at radius 3 is 2.36 bits per heavy atom. The van der Waals surface area contributed by atoms with Crippen molar-refractivity contribution in [1.82, 2.24) is 0 Å². The zero-order valence-corrected chi connectivity index (χ0v) is 15.4. The van der Waals surface area contributed by atoms with Crippen molar-refractivity contribution in [2.24, 2.45) is 0 Å². The molecule has 0 heteroatoms. The molecule has 0 bridgehead atoms. The molecule has 22 heavy (non-hydrogen) atoms. The van der Waals surface area contributed by atoms with Crippen LogP contribution >= 0.6 is 0 Å². The van der Waals surface area contributed by atoms with Crippen LogP contribution in [-0.2, 0) is 6.42 Å². The van der Waals surface area contributed by atoms with Crippen molar-refractivity contribution in [2.45, 2.75) is 91.4 Å². The Bertz CT molecular complexity index is 439. The number of allylic oxidation sites excluding steroid dienone is 1. The second kappa shape index (κ2) is 10.6. The van der Waals surface area contributed by atoms with Crippen LogP contribution in [0.25, 0.3) is 0 Å². The van der Waals surface area contributed by atoms with E-state index in [1.54, 1.807) is 5.56 Å². The summed E-state index contributed by atoms with van der Waals surface area (Å²) in [6.45, 7) is 13.2. The Morgan fingerprint density at radius 1 is 1.00 bits per heavy atom. The molecule has 1 rings (SSSR count). The van der Waals surface area contributed by atoms with Gasteiger partial charge in [-0.1, -0.05) is 76.8 Å². The molecule has 0 heterocycles. The quantitative estimate of drug-likeness (QED) is 0.296. The van der Waals surface area contributed by atoms with Crippen molar-refractivity contribution in [3.05, 3.63) is 47.0 Å². The third-order valence-corrected chi connectivity index (χ3v) is 4.62. The molecule has 0 aliphatic rings. The Balaban J connectivity index is 2.19. The Hall–Kier alpha value is -1.04. The summed E-state index contributed by atoms with van der Waals surface area (Å²) < 4.78 is 0. The van der Waals surface area contributed by atoms with Crippen LogP contribution in [-0.4, -0.2) is 0 Å². The van der Waals surface area contributed by atoms with E-state index in [9.17, 15) is 0 Å². The van der Waals surface area contributed by atoms with E-state index in [1.807, 2.05) is 0 Å². The van der Waals surface area contributed by atoms with E-state index >= 15 is 0 Å². The minimum atomic E-state index is 0.635. The highest BCUT2D eigenvalue weighted by Gasteiger charge is 2.04. The lowest BCUT2D eigenvalue weighted by Crippen LogP contribution is -1.95. The lowest BCUT2D eigenvalue weighted by molar-refractivity contribution is 0.606. The van der Waals surface area contributed by atoms with Gasteiger partial charge in [-0.25, -0.2) is 0 Å². The SMILES string of the molecule is C=C(CCC)CCCCCCCc1cc(C(C)C)ccc1C. The topological polar surface area (TPSA) is 0 Å². The first kappa shape index (κ1) is 19.0. The minimum absolute atomic E-state index is 0.635. The molecular formula is C22H36. The van der Waals surface area contributed by atoms with Gasteiger partial charge in [0.25, 0.3) is 0 Å². The zero-order chi connectivity index (χ0) is 16.4. The summed E-state index contributed by atoms with van der Waals surface area (Å²) >= 11 is 0. The van der Waals surface area contributed by atoms with Crippen molar-refractivity contribution in [1.29, 1.82) is 0 Å². The Kier molecular flexibility index (Phi) is 9.20. The first-order valence-corrected chi connectivity index (χ1v) is 9.30. The minimum Gasteiger partial charge on any atom is -0.0999 e. The largest absolute Gasteiger partial charge is 0.0999 e. The molecule has 1 aromatic carbocycles. The number of benzene rings is 1. The Morgan fingerprint density at radius 2 is 1.68 bits per heavy atom. The van der Waals surface area contributed by atoms with Gasteiger partial charge in [-0.2, -0.15) is 0 Å². The average Bonchev–Trinajstić information content (AvgIpc) is 2.48. The van der Waals surface area contributed by atoms with Crippen LogP contribution < -0.4 is 0 Å². The maximum absolute atomic E-state index is 4.15. The maximum atomic E-state index is 4.15. The normalized spacial score (nSPS) is 11.1. The fraction of sp³-hybridized carbons (Fsp3) is 0.636. The highest BCUT2D eigenvalue weighted by atomic mass is 14.1. The number of unbranched alkanes of at least 4 members (excludes halogenated alkanes) is 4. The van der Waals surface area contributed by atoms with Crippen molar-refractivity contribution in [2.75, 3.05) is 0 Å². The molecule has 0 atom stereocenters. The van der Waals surface area contributed by atoms with Gasteiger partial charge in [0, 0.05) is 0 Å². The lowest BCUT2D eigenvalue weighted by atomic mass is 9.94. The van der Waals surface area contributed by atoms with Gasteiger partial charge in [0.15, 0.2) is 0 Å². The summed E-state index contributed by atoms with van der Waals surface area (Å²) in [5.41, 5.74) is 5.95. The lowest BCUT2D eigenvalue weighted by Gasteiger charge is -2.11. The molecule has 0 spiro atoms. The van der Waals surface area contributed by atoms with Crippen LogP contribution in [0.15, 0.2) is 30.4 Å². The van der Waals surface area contributed by atoms with Crippen LogP contribution in [0.5, 0.6) is 0 Å². The fourth-order valence-corrected chi connectivity index (χ4v) is 3.02. The standard InChI is InChI=1S/C22H36/c1-6-12-19(4)13-10-8-7-9-11-14-22-17-21(18(2)3)16-15-20(22)5/h15-18H,4,6-14H2,1-3,5H3. The Labute approximate surface area is 139 Å². The first-order valence-electron chi connectivity index (χ1n) is 9.30. The van der Waals surface area contributed by atoms with Gasteiger partial charge < -0.3 is 0 Å². The summed E-state index contributed by atoms with van der Waals surface area (Å²) in [6.07, 6.45) is 11.7. The molecule has 0 saturated carbocycles. The van der Waals surface area contributed by atoms with Crippen LogP contribution in [0, 0.1) is 6.92 Å². The number of rotatable bonds is 11. The molecule has 124 valence electrons. The van der Waals surface area contributed by atoms with Gasteiger partial charge >= 0.3 is 0 Å². The van der Waals surface area contributed by atoms with Crippen LogP contribution in [0.1, 0.15) is 94.7 Å². The molecule has 0 unspecified atom stereocenters. The molecule has 0 amide bonds. The molecule has 1 aromatic rings. The summed E-state index contributed by atoms with van der Waals surface area (Å²) in [5, 5.41) is 0. The first-order chi connectivity index (χ1) is 10.5. The van der Waals surface area contributed by atoms with E-state index in [1.165, 1.54) is 74.5 Å². The van der Waals surface area contributed by atoms with Crippen LogP contribution in [0.3, 0.4) is 0 Å². The summed E-state index contributed by atoms with van der Waals surface area (Å²) in [5.74, 6) is 0.635. The molecule has 0 nitrogen and oxygen atoms in total. The average molecular weight is 301 g/mol. The van der Waals surface area contributed by atoms with Crippen molar-refractivity contribution in [3.63, 3.8) is 0 Å². The summed E-state index contributed by atoms with van der Waals surface area (Å²) in [6, 6.07) is 7.01. The molecule has 0 radical (unpaired) electrons. The third-order valence-electron chi connectivity index (χ3n) is 4.62. The molecule has 0 aromatic heterocycles. The van der Waals surface area contributed by atoms with E-state index in [4.69, 9.17) is 0 Å². The van der Waals surface area contributed by atoms with Crippen LogP contribution in [0.4, 0.5) is 0 Å². The molecule has 0 aliphatic carbocycles. The molecule has 0 fully saturated rings. The van der Waals surface area contributed by atoms with E-state index in [2.05, 4.69) is 52.5 Å². The third kappa shape index (κ3) is 7.29. The molecule has 0 saturated heterocycles. The van der Waals surface area contributed by atoms with Gasteiger partial charge in [-0.05, 0) is 61.6 Å². The molecular weight excluding hydrogens is 264 g/mol. The highest BCUT2D eigenvalue weighted by Crippen LogP contribution is 2.21. The second-order valence-corrected chi connectivity index (χ2v) is 7.11. The molecule has 0 N–H and O–H groups in total. The number of aryl methyl sites for hydroxylation is 2. The zero-order valence-electron chi connectivity index (χ0n) is 15.4. The van der Waals surface area contributed by atoms with Gasteiger partial charge in [-0.15, -0.1) is 0 Å².